The fraction of sp³-hybridized carbons (Fsp3) is 0.500. The van der Waals surface area contributed by atoms with Crippen LogP contribution in [0.3, 0.4) is 0 Å². The zero-order chi connectivity index (χ0) is 9.84. The Labute approximate surface area is 76.0 Å². The number of anilines is 1. The minimum atomic E-state index is -0.536. The summed E-state index contributed by atoms with van der Waals surface area (Å²) in [5.74, 6) is 0.295. The molecule has 1 aromatic rings. The van der Waals surface area contributed by atoms with Crippen molar-refractivity contribution in [1.82, 2.24) is 5.16 Å². The lowest BCUT2D eigenvalue weighted by atomic mass is 10.5. The fourth-order valence-electron chi connectivity index (χ4n) is 0.767. The van der Waals surface area contributed by atoms with Gasteiger partial charge < -0.3 is 9.26 Å². The van der Waals surface area contributed by atoms with Crippen molar-refractivity contribution in [3.05, 3.63) is 11.8 Å². The highest BCUT2D eigenvalue weighted by atomic mass is 16.6. The topological polar surface area (TPSA) is 64.4 Å². The van der Waals surface area contributed by atoms with E-state index in [1.165, 1.54) is 0 Å². The van der Waals surface area contributed by atoms with E-state index in [-0.39, 0.29) is 6.10 Å². The summed E-state index contributed by atoms with van der Waals surface area (Å²) in [6.07, 6.45) is -0.685. The Morgan fingerprint density at radius 2 is 2.38 bits per heavy atom. The molecule has 0 atom stereocenters. The summed E-state index contributed by atoms with van der Waals surface area (Å²) in [5, 5.41) is 6.01. The standard InChI is InChI=1S/C8H12N2O3/c1-5(2)12-8(11)9-7-4-6(3)10-13-7/h4-5H,1-3H3,(H,9,11). The molecule has 0 aliphatic heterocycles. The number of carbonyl (C=O) groups excluding carboxylic acids is 1. The summed E-state index contributed by atoms with van der Waals surface area (Å²) in [4.78, 5) is 11.0. The molecule has 13 heavy (non-hydrogen) atoms. The molecule has 1 aromatic heterocycles. The molecule has 1 rings (SSSR count). The zero-order valence-corrected chi connectivity index (χ0v) is 7.83. The average molecular weight is 184 g/mol. The maximum Gasteiger partial charge on any atom is 0.414 e. The van der Waals surface area contributed by atoms with Gasteiger partial charge in [-0.1, -0.05) is 5.16 Å². The van der Waals surface area contributed by atoms with Crippen molar-refractivity contribution < 1.29 is 14.1 Å². The van der Waals surface area contributed by atoms with Gasteiger partial charge in [0.05, 0.1) is 11.8 Å². The molecule has 0 saturated heterocycles. The van der Waals surface area contributed by atoms with Crippen LogP contribution in [0.4, 0.5) is 10.7 Å². The van der Waals surface area contributed by atoms with Crippen LogP contribution in [0, 0.1) is 6.92 Å². The van der Waals surface area contributed by atoms with Crippen LogP contribution in [0.5, 0.6) is 0 Å². The molecule has 0 aliphatic carbocycles. The number of aromatic nitrogens is 1. The van der Waals surface area contributed by atoms with E-state index >= 15 is 0 Å². The minimum absolute atomic E-state index is 0.149. The first-order valence-corrected chi connectivity index (χ1v) is 3.99. The number of aryl methyl sites for hydroxylation is 1. The smallest absolute Gasteiger partial charge is 0.414 e. The van der Waals surface area contributed by atoms with E-state index < -0.39 is 6.09 Å². The summed E-state index contributed by atoms with van der Waals surface area (Å²) in [6.45, 7) is 5.30. The van der Waals surface area contributed by atoms with Crippen LogP contribution in [0.1, 0.15) is 19.5 Å². The van der Waals surface area contributed by atoms with Gasteiger partial charge in [0.15, 0.2) is 0 Å². The van der Waals surface area contributed by atoms with E-state index in [2.05, 4.69) is 10.5 Å². The lowest BCUT2D eigenvalue weighted by molar-refractivity contribution is 0.129. The minimum Gasteiger partial charge on any atom is -0.447 e. The van der Waals surface area contributed by atoms with Crippen molar-refractivity contribution >= 4 is 12.0 Å². The van der Waals surface area contributed by atoms with E-state index in [1.54, 1.807) is 26.8 Å². The zero-order valence-electron chi connectivity index (χ0n) is 7.83. The van der Waals surface area contributed by atoms with E-state index in [1.807, 2.05) is 0 Å². The first-order valence-electron chi connectivity index (χ1n) is 3.99. The third-order valence-electron chi connectivity index (χ3n) is 1.20. The van der Waals surface area contributed by atoms with E-state index in [4.69, 9.17) is 9.26 Å². The second kappa shape index (κ2) is 3.93. The van der Waals surface area contributed by atoms with Gasteiger partial charge in [-0.2, -0.15) is 0 Å². The van der Waals surface area contributed by atoms with Crippen LogP contribution in [-0.4, -0.2) is 17.4 Å². The first kappa shape index (κ1) is 9.57. The van der Waals surface area contributed by atoms with E-state index in [0.717, 1.165) is 0 Å². The van der Waals surface area contributed by atoms with E-state index in [9.17, 15) is 4.79 Å². The van der Waals surface area contributed by atoms with Crippen LogP contribution in [-0.2, 0) is 4.74 Å². The fourth-order valence-corrected chi connectivity index (χ4v) is 0.767. The lowest BCUT2D eigenvalue weighted by Crippen LogP contribution is -2.17. The molecular weight excluding hydrogens is 172 g/mol. The number of nitrogens with one attached hydrogen (secondary N) is 1. The van der Waals surface area contributed by atoms with Crippen molar-refractivity contribution in [2.45, 2.75) is 26.9 Å². The molecule has 0 saturated carbocycles. The highest BCUT2D eigenvalue weighted by molar-refractivity contribution is 5.82. The number of ether oxygens (including phenoxy) is 1. The number of amides is 1. The van der Waals surface area contributed by atoms with Crippen molar-refractivity contribution in [3.63, 3.8) is 0 Å². The quantitative estimate of drug-likeness (QED) is 0.762. The van der Waals surface area contributed by atoms with Crippen molar-refractivity contribution in [2.75, 3.05) is 5.32 Å². The molecular formula is C8H12N2O3. The lowest BCUT2D eigenvalue weighted by Gasteiger charge is -2.06. The number of nitrogens with zero attached hydrogens (tertiary/aromatic N) is 1. The van der Waals surface area contributed by atoms with Gasteiger partial charge in [-0.25, -0.2) is 4.79 Å². The van der Waals surface area contributed by atoms with Crippen molar-refractivity contribution in [1.29, 1.82) is 0 Å². The van der Waals surface area contributed by atoms with Crippen LogP contribution in [0.15, 0.2) is 10.6 Å². The van der Waals surface area contributed by atoms with Crippen molar-refractivity contribution in [2.24, 2.45) is 0 Å². The van der Waals surface area contributed by atoms with Crippen LogP contribution in [0.2, 0.25) is 0 Å². The molecule has 1 N–H and O–H groups in total. The van der Waals surface area contributed by atoms with Crippen LogP contribution in [0.25, 0.3) is 0 Å². The molecule has 5 nitrogen and oxygen atoms in total. The summed E-state index contributed by atoms with van der Waals surface area (Å²) >= 11 is 0. The summed E-state index contributed by atoms with van der Waals surface area (Å²) in [5.41, 5.74) is 0.708. The maximum absolute atomic E-state index is 11.0. The molecule has 0 radical (unpaired) electrons. The highest BCUT2D eigenvalue weighted by Gasteiger charge is 2.08. The Morgan fingerprint density at radius 3 is 2.85 bits per heavy atom. The largest absolute Gasteiger partial charge is 0.447 e. The number of hydrogen-bond donors (Lipinski definition) is 1. The monoisotopic (exact) mass is 184 g/mol. The average Bonchev–Trinajstić information content (AvgIpc) is 2.33. The molecule has 0 spiro atoms. The molecule has 0 aliphatic rings. The Hall–Kier alpha value is -1.52. The Kier molecular flexibility index (Phi) is 2.89. The third-order valence-corrected chi connectivity index (χ3v) is 1.20. The summed E-state index contributed by atoms with van der Waals surface area (Å²) in [6, 6.07) is 1.61. The normalized spacial score (nSPS) is 10.2. The molecule has 1 amide bonds. The van der Waals surface area contributed by atoms with Gasteiger partial charge in [0.2, 0.25) is 5.88 Å². The van der Waals surface area contributed by atoms with Gasteiger partial charge in [0, 0.05) is 6.07 Å². The second-order valence-electron chi connectivity index (χ2n) is 2.91. The third kappa shape index (κ3) is 3.14. The predicted molar refractivity (Wildman–Crippen MR) is 46.5 cm³/mol. The van der Waals surface area contributed by atoms with Gasteiger partial charge in [0.1, 0.15) is 0 Å². The van der Waals surface area contributed by atoms with E-state index in [0.29, 0.717) is 11.6 Å². The Balaban J connectivity index is 2.45. The maximum atomic E-state index is 11.0. The molecule has 0 aromatic carbocycles. The molecule has 0 bridgehead atoms. The van der Waals surface area contributed by atoms with Gasteiger partial charge in [-0.15, -0.1) is 0 Å². The van der Waals surface area contributed by atoms with Crippen LogP contribution >= 0.6 is 0 Å². The summed E-state index contributed by atoms with van der Waals surface area (Å²) in [7, 11) is 0. The number of carbonyl (C=O) groups is 1. The SMILES string of the molecule is Cc1cc(NC(=O)OC(C)C)on1. The van der Waals surface area contributed by atoms with Gasteiger partial charge >= 0.3 is 6.09 Å². The molecule has 72 valence electrons. The van der Waals surface area contributed by atoms with Gasteiger partial charge in [0.25, 0.3) is 0 Å². The van der Waals surface area contributed by atoms with Gasteiger partial charge in [-0.3, -0.25) is 5.32 Å². The van der Waals surface area contributed by atoms with Crippen LogP contribution < -0.4 is 5.32 Å². The highest BCUT2D eigenvalue weighted by Crippen LogP contribution is 2.08. The molecule has 0 unspecified atom stereocenters. The first-order chi connectivity index (χ1) is 6.08. The number of hydrogen-bond acceptors (Lipinski definition) is 4. The molecule has 5 heteroatoms. The summed E-state index contributed by atoms with van der Waals surface area (Å²) < 4.78 is 9.58. The molecule has 1 heterocycles. The predicted octanol–water partition coefficient (Wildman–Crippen LogP) is 1.94. The van der Waals surface area contributed by atoms with Gasteiger partial charge in [-0.05, 0) is 20.8 Å². The molecule has 0 fully saturated rings. The number of rotatable bonds is 2. The Morgan fingerprint density at radius 1 is 1.69 bits per heavy atom. The van der Waals surface area contributed by atoms with Crippen molar-refractivity contribution in [3.8, 4) is 0 Å². The second-order valence-corrected chi connectivity index (χ2v) is 2.91. The Bertz CT molecular complexity index is 293.